The fourth-order valence-corrected chi connectivity index (χ4v) is 3.66. The van der Waals surface area contributed by atoms with Gasteiger partial charge in [0.05, 0.1) is 24.1 Å². The largest absolute Gasteiger partial charge is 0.467 e. The molecule has 0 spiro atoms. The minimum absolute atomic E-state index is 0.153. The summed E-state index contributed by atoms with van der Waals surface area (Å²) in [6, 6.07) is 16.8. The molecule has 1 aromatic heterocycles. The van der Waals surface area contributed by atoms with Crippen molar-refractivity contribution in [1.29, 1.82) is 0 Å². The minimum Gasteiger partial charge on any atom is -0.467 e. The molecule has 0 atom stereocenters. The van der Waals surface area contributed by atoms with E-state index in [4.69, 9.17) is 4.42 Å². The average Bonchev–Trinajstić information content (AvgIpc) is 3.33. The highest BCUT2D eigenvalue weighted by atomic mass is 16.3. The van der Waals surface area contributed by atoms with E-state index in [-0.39, 0.29) is 11.8 Å². The molecule has 0 aliphatic rings. The van der Waals surface area contributed by atoms with Crippen molar-refractivity contribution in [1.82, 2.24) is 5.32 Å². The summed E-state index contributed by atoms with van der Waals surface area (Å²) in [5.41, 5.74) is 3.45. The lowest BCUT2D eigenvalue weighted by atomic mass is 10.1. The van der Waals surface area contributed by atoms with Gasteiger partial charge in [0.2, 0.25) is 0 Å². The number of nitrogens with zero attached hydrogens (tertiary/aromatic N) is 1. The Morgan fingerprint density at radius 1 is 0.939 bits per heavy atom. The van der Waals surface area contributed by atoms with E-state index in [0.29, 0.717) is 29.9 Å². The maximum Gasteiger partial charge on any atom is 0.255 e. The summed E-state index contributed by atoms with van der Waals surface area (Å²) in [6.45, 7) is 8.01. The van der Waals surface area contributed by atoms with Crippen LogP contribution in [0.5, 0.6) is 0 Å². The highest BCUT2D eigenvalue weighted by Gasteiger charge is 2.19. The van der Waals surface area contributed by atoms with Crippen molar-refractivity contribution in [2.75, 3.05) is 23.3 Å². The molecule has 0 radical (unpaired) electrons. The quantitative estimate of drug-likeness (QED) is 0.390. The van der Waals surface area contributed by atoms with E-state index >= 15 is 0 Å². The number of hydrogen-bond donors (Lipinski definition) is 2. The molecule has 3 aromatic rings. The number of nitrogens with one attached hydrogen (secondary N) is 2. The zero-order chi connectivity index (χ0) is 23.6. The third kappa shape index (κ3) is 6.48. The van der Waals surface area contributed by atoms with Crippen LogP contribution in [0.1, 0.15) is 65.1 Å². The van der Waals surface area contributed by atoms with Gasteiger partial charge in [0, 0.05) is 24.3 Å². The lowest BCUT2D eigenvalue weighted by molar-refractivity contribution is 0.0952. The number of rotatable bonds is 11. The standard InChI is InChI=1S/C27H33N3O3/c1-4-6-16-30(19-22-11-9-17-33-22)25-14-13-21(18-24(25)26(31)28-15-5-2)29-27(32)23-12-8-7-10-20(23)3/h7-14,17-18H,4-6,15-16,19H2,1-3H3,(H,28,31)(H,29,32). The van der Waals surface area contributed by atoms with Crippen LogP contribution in [0.15, 0.2) is 65.3 Å². The molecule has 0 aliphatic carbocycles. The van der Waals surface area contributed by atoms with Crippen molar-refractivity contribution in [3.8, 4) is 0 Å². The molecule has 2 aromatic carbocycles. The fraction of sp³-hybridized carbons (Fsp3) is 0.333. The Labute approximate surface area is 196 Å². The number of amides is 2. The van der Waals surface area contributed by atoms with Gasteiger partial charge in [-0.3, -0.25) is 9.59 Å². The SMILES string of the molecule is CCCCN(Cc1ccco1)c1ccc(NC(=O)c2ccccc2C)cc1C(=O)NCCC. The second-order valence-electron chi connectivity index (χ2n) is 8.11. The highest BCUT2D eigenvalue weighted by Crippen LogP contribution is 2.27. The van der Waals surface area contributed by atoms with Gasteiger partial charge in [0.1, 0.15) is 5.76 Å². The van der Waals surface area contributed by atoms with Gasteiger partial charge in [-0.25, -0.2) is 0 Å². The van der Waals surface area contributed by atoms with Crippen LogP contribution in [-0.2, 0) is 6.54 Å². The van der Waals surface area contributed by atoms with Crippen LogP contribution in [0.3, 0.4) is 0 Å². The molecule has 0 saturated heterocycles. The molecule has 6 nitrogen and oxygen atoms in total. The summed E-state index contributed by atoms with van der Waals surface area (Å²) in [6.07, 6.45) is 4.53. The predicted octanol–water partition coefficient (Wildman–Crippen LogP) is 5.79. The Hall–Kier alpha value is -3.54. The van der Waals surface area contributed by atoms with Gasteiger partial charge in [-0.2, -0.15) is 0 Å². The monoisotopic (exact) mass is 447 g/mol. The Morgan fingerprint density at radius 2 is 1.76 bits per heavy atom. The molecular weight excluding hydrogens is 414 g/mol. The molecule has 0 bridgehead atoms. The molecule has 33 heavy (non-hydrogen) atoms. The molecule has 2 amide bonds. The number of carbonyl (C=O) groups is 2. The summed E-state index contributed by atoms with van der Waals surface area (Å²) in [5.74, 6) is 0.488. The maximum absolute atomic E-state index is 13.1. The number of unbranched alkanes of at least 4 members (excludes halogenated alkanes) is 1. The predicted molar refractivity (Wildman–Crippen MR) is 133 cm³/mol. The Kier molecular flexibility index (Phi) is 8.70. The molecule has 0 saturated carbocycles. The molecule has 0 unspecified atom stereocenters. The van der Waals surface area contributed by atoms with Crippen molar-refractivity contribution < 1.29 is 14.0 Å². The molecule has 6 heteroatoms. The second-order valence-corrected chi connectivity index (χ2v) is 8.11. The van der Waals surface area contributed by atoms with Gasteiger partial charge >= 0.3 is 0 Å². The van der Waals surface area contributed by atoms with Gasteiger partial charge in [-0.05, 0) is 61.7 Å². The number of furan rings is 1. The Morgan fingerprint density at radius 3 is 2.45 bits per heavy atom. The van der Waals surface area contributed by atoms with Gasteiger partial charge in [-0.1, -0.05) is 38.5 Å². The van der Waals surface area contributed by atoms with Gasteiger partial charge < -0.3 is 20.0 Å². The van der Waals surface area contributed by atoms with Crippen LogP contribution in [0, 0.1) is 6.92 Å². The van der Waals surface area contributed by atoms with Crippen LogP contribution < -0.4 is 15.5 Å². The average molecular weight is 448 g/mol. The van der Waals surface area contributed by atoms with Crippen LogP contribution in [0.4, 0.5) is 11.4 Å². The van der Waals surface area contributed by atoms with E-state index < -0.39 is 0 Å². The third-order valence-corrected chi connectivity index (χ3v) is 5.47. The fourth-order valence-electron chi connectivity index (χ4n) is 3.66. The van der Waals surface area contributed by atoms with E-state index in [1.807, 2.05) is 56.3 Å². The van der Waals surface area contributed by atoms with Crippen molar-refractivity contribution in [2.45, 2.75) is 46.6 Å². The van der Waals surface area contributed by atoms with Crippen LogP contribution in [-0.4, -0.2) is 24.9 Å². The molecule has 2 N–H and O–H groups in total. The van der Waals surface area contributed by atoms with E-state index in [2.05, 4.69) is 22.5 Å². The summed E-state index contributed by atoms with van der Waals surface area (Å²) >= 11 is 0. The maximum atomic E-state index is 13.1. The van der Waals surface area contributed by atoms with Gasteiger partial charge in [0.15, 0.2) is 0 Å². The zero-order valence-electron chi connectivity index (χ0n) is 19.7. The zero-order valence-corrected chi connectivity index (χ0v) is 19.7. The summed E-state index contributed by atoms with van der Waals surface area (Å²) in [7, 11) is 0. The highest BCUT2D eigenvalue weighted by molar-refractivity contribution is 6.07. The lowest BCUT2D eigenvalue weighted by Gasteiger charge is -2.26. The normalized spacial score (nSPS) is 10.6. The second kappa shape index (κ2) is 11.9. The summed E-state index contributed by atoms with van der Waals surface area (Å²) in [4.78, 5) is 28.1. The van der Waals surface area contributed by atoms with Gasteiger partial charge in [-0.15, -0.1) is 0 Å². The minimum atomic E-state index is -0.195. The van der Waals surface area contributed by atoms with Crippen LogP contribution in [0.2, 0.25) is 0 Å². The Bertz CT molecular complexity index is 1060. The molecule has 174 valence electrons. The molecular formula is C27H33N3O3. The topological polar surface area (TPSA) is 74.6 Å². The summed E-state index contributed by atoms with van der Waals surface area (Å²) < 4.78 is 5.57. The molecule has 3 rings (SSSR count). The smallest absolute Gasteiger partial charge is 0.255 e. The van der Waals surface area contributed by atoms with E-state index in [1.165, 1.54) is 0 Å². The first-order chi connectivity index (χ1) is 16.0. The number of aryl methyl sites for hydroxylation is 1. The van der Waals surface area contributed by atoms with Crippen molar-refractivity contribution in [3.05, 3.63) is 83.3 Å². The van der Waals surface area contributed by atoms with Crippen molar-refractivity contribution in [2.24, 2.45) is 0 Å². The molecule has 0 fully saturated rings. The Balaban J connectivity index is 1.93. The first-order valence-electron chi connectivity index (χ1n) is 11.6. The van der Waals surface area contributed by atoms with Crippen molar-refractivity contribution in [3.63, 3.8) is 0 Å². The number of benzene rings is 2. The molecule has 1 heterocycles. The van der Waals surface area contributed by atoms with Crippen LogP contribution in [0.25, 0.3) is 0 Å². The number of hydrogen-bond acceptors (Lipinski definition) is 4. The van der Waals surface area contributed by atoms with Crippen molar-refractivity contribution >= 4 is 23.2 Å². The van der Waals surface area contributed by atoms with E-state index in [9.17, 15) is 9.59 Å². The van der Waals surface area contributed by atoms with E-state index in [1.54, 1.807) is 18.4 Å². The molecule has 0 aliphatic heterocycles. The lowest BCUT2D eigenvalue weighted by Crippen LogP contribution is -2.30. The van der Waals surface area contributed by atoms with Crippen LogP contribution >= 0.6 is 0 Å². The number of anilines is 2. The third-order valence-electron chi connectivity index (χ3n) is 5.47. The van der Waals surface area contributed by atoms with Gasteiger partial charge in [0.25, 0.3) is 11.8 Å². The number of carbonyl (C=O) groups excluding carboxylic acids is 2. The first kappa shape index (κ1) is 24.1. The first-order valence-corrected chi connectivity index (χ1v) is 11.6. The summed E-state index contributed by atoms with van der Waals surface area (Å²) in [5, 5.41) is 5.93. The van der Waals surface area contributed by atoms with E-state index in [0.717, 1.165) is 42.8 Å².